The molecule has 0 saturated carbocycles. The van der Waals surface area contributed by atoms with E-state index in [4.69, 9.17) is 0 Å². The zero-order valence-corrected chi connectivity index (χ0v) is 8.04. The SMILES string of the molecule is CC1=CCN(O)C=C1CC(C)C. The predicted octanol–water partition coefficient (Wildman–Crippen LogP) is 2.57. The van der Waals surface area contributed by atoms with Gasteiger partial charge >= 0.3 is 0 Å². The molecule has 1 rings (SSSR count). The van der Waals surface area contributed by atoms with Crippen LogP contribution >= 0.6 is 0 Å². The molecule has 1 N–H and O–H groups in total. The standard InChI is InChI=1S/C10H17NO/c1-8(2)6-10-7-11(12)5-4-9(10)3/h4,7-8,12H,5-6H2,1-3H3. The van der Waals surface area contributed by atoms with Crippen LogP contribution in [0.3, 0.4) is 0 Å². The summed E-state index contributed by atoms with van der Waals surface area (Å²) in [7, 11) is 0. The molecule has 0 radical (unpaired) electrons. The second-order valence-corrected chi connectivity index (χ2v) is 3.76. The van der Waals surface area contributed by atoms with Crippen molar-refractivity contribution in [2.75, 3.05) is 6.54 Å². The maximum absolute atomic E-state index is 9.22. The van der Waals surface area contributed by atoms with E-state index < -0.39 is 0 Å². The first-order chi connectivity index (χ1) is 5.59. The molecule has 0 atom stereocenters. The van der Waals surface area contributed by atoms with Crippen LogP contribution in [0.1, 0.15) is 27.2 Å². The van der Waals surface area contributed by atoms with E-state index in [9.17, 15) is 5.21 Å². The zero-order chi connectivity index (χ0) is 9.14. The molecule has 0 aliphatic carbocycles. The van der Waals surface area contributed by atoms with E-state index in [-0.39, 0.29) is 0 Å². The molecule has 0 fully saturated rings. The number of hydroxylamine groups is 2. The maximum atomic E-state index is 9.22. The van der Waals surface area contributed by atoms with Crippen LogP contribution in [-0.4, -0.2) is 16.8 Å². The van der Waals surface area contributed by atoms with Gasteiger partial charge in [0.25, 0.3) is 0 Å². The first-order valence-corrected chi connectivity index (χ1v) is 4.43. The predicted molar refractivity (Wildman–Crippen MR) is 49.8 cm³/mol. The molecule has 12 heavy (non-hydrogen) atoms. The van der Waals surface area contributed by atoms with Crippen LogP contribution in [0, 0.1) is 5.92 Å². The van der Waals surface area contributed by atoms with Gasteiger partial charge in [0, 0.05) is 6.20 Å². The molecule has 2 nitrogen and oxygen atoms in total. The summed E-state index contributed by atoms with van der Waals surface area (Å²) in [6.07, 6.45) is 4.92. The van der Waals surface area contributed by atoms with Crippen LogP contribution in [0.4, 0.5) is 0 Å². The molecule has 1 aliphatic heterocycles. The lowest BCUT2D eigenvalue weighted by Crippen LogP contribution is -2.17. The van der Waals surface area contributed by atoms with Gasteiger partial charge in [-0.15, -0.1) is 0 Å². The van der Waals surface area contributed by atoms with Crippen molar-refractivity contribution < 1.29 is 5.21 Å². The minimum absolute atomic E-state index is 0.618. The van der Waals surface area contributed by atoms with Gasteiger partial charge in [-0.05, 0) is 30.4 Å². The Hall–Kier alpha value is -0.760. The minimum atomic E-state index is 0.618. The Bertz CT molecular complexity index is 216. The number of allylic oxidation sites excluding steroid dienone is 2. The molecular weight excluding hydrogens is 150 g/mol. The van der Waals surface area contributed by atoms with Crippen molar-refractivity contribution in [3.8, 4) is 0 Å². The number of hydrogen-bond acceptors (Lipinski definition) is 2. The van der Waals surface area contributed by atoms with Crippen molar-refractivity contribution in [3.05, 3.63) is 23.4 Å². The molecule has 0 amide bonds. The molecule has 2 heteroatoms. The summed E-state index contributed by atoms with van der Waals surface area (Å²) in [5, 5.41) is 10.5. The highest BCUT2D eigenvalue weighted by atomic mass is 16.5. The lowest BCUT2D eigenvalue weighted by Gasteiger charge is -2.20. The number of nitrogens with zero attached hydrogens (tertiary/aromatic N) is 1. The number of hydrogen-bond donors (Lipinski definition) is 1. The average Bonchev–Trinajstić information content (AvgIpc) is 1.96. The topological polar surface area (TPSA) is 23.5 Å². The van der Waals surface area contributed by atoms with Gasteiger partial charge < -0.3 is 0 Å². The highest BCUT2D eigenvalue weighted by Crippen LogP contribution is 2.21. The van der Waals surface area contributed by atoms with Gasteiger partial charge in [-0.1, -0.05) is 19.9 Å². The first-order valence-electron chi connectivity index (χ1n) is 4.43. The third kappa shape index (κ3) is 2.38. The Labute approximate surface area is 74.1 Å². The van der Waals surface area contributed by atoms with E-state index >= 15 is 0 Å². The van der Waals surface area contributed by atoms with Crippen LogP contribution in [0.15, 0.2) is 23.4 Å². The summed E-state index contributed by atoms with van der Waals surface area (Å²) in [5.74, 6) is 0.645. The fourth-order valence-corrected chi connectivity index (χ4v) is 1.35. The van der Waals surface area contributed by atoms with E-state index in [0.717, 1.165) is 6.42 Å². The van der Waals surface area contributed by atoms with Crippen LogP contribution in [0.2, 0.25) is 0 Å². The van der Waals surface area contributed by atoms with Gasteiger partial charge in [0.15, 0.2) is 0 Å². The molecule has 0 aromatic rings. The molecule has 0 saturated heterocycles. The highest BCUT2D eigenvalue weighted by molar-refractivity contribution is 5.31. The third-order valence-corrected chi connectivity index (χ3v) is 2.02. The first kappa shape index (κ1) is 9.33. The Morgan fingerprint density at radius 2 is 2.25 bits per heavy atom. The molecule has 68 valence electrons. The Kier molecular flexibility index (Phi) is 2.93. The lowest BCUT2D eigenvalue weighted by molar-refractivity contribution is -0.0318. The molecule has 0 unspecified atom stereocenters. The van der Waals surface area contributed by atoms with E-state index in [0.29, 0.717) is 12.5 Å². The van der Waals surface area contributed by atoms with Crippen molar-refractivity contribution in [1.82, 2.24) is 5.06 Å². The monoisotopic (exact) mass is 167 g/mol. The normalized spacial score (nSPS) is 17.9. The van der Waals surface area contributed by atoms with Gasteiger partial charge in [0.2, 0.25) is 0 Å². The van der Waals surface area contributed by atoms with Crippen LogP contribution in [0.25, 0.3) is 0 Å². The lowest BCUT2D eigenvalue weighted by atomic mass is 9.96. The molecule has 0 aromatic heterocycles. The van der Waals surface area contributed by atoms with Gasteiger partial charge in [0.1, 0.15) is 0 Å². The summed E-state index contributed by atoms with van der Waals surface area (Å²) in [6, 6.07) is 0. The van der Waals surface area contributed by atoms with Crippen molar-refractivity contribution in [2.45, 2.75) is 27.2 Å². The van der Waals surface area contributed by atoms with Crippen molar-refractivity contribution in [2.24, 2.45) is 5.92 Å². The van der Waals surface area contributed by atoms with Crippen molar-refractivity contribution in [1.29, 1.82) is 0 Å². The second kappa shape index (κ2) is 3.76. The fraction of sp³-hybridized carbons (Fsp3) is 0.600. The molecule has 0 aromatic carbocycles. The summed E-state index contributed by atoms with van der Waals surface area (Å²) >= 11 is 0. The number of rotatable bonds is 2. The van der Waals surface area contributed by atoms with Gasteiger partial charge in [-0.25, -0.2) is 0 Å². The summed E-state index contributed by atoms with van der Waals surface area (Å²) < 4.78 is 0. The Morgan fingerprint density at radius 3 is 2.83 bits per heavy atom. The van der Waals surface area contributed by atoms with Crippen molar-refractivity contribution in [3.63, 3.8) is 0 Å². The third-order valence-electron chi connectivity index (χ3n) is 2.02. The minimum Gasteiger partial charge on any atom is -0.289 e. The summed E-state index contributed by atoms with van der Waals surface area (Å²) in [5.41, 5.74) is 2.55. The maximum Gasteiger partial charge on any atom is 0.0633 e. The van der Waals surface area contributed by atoms with E-state index in [2.05, 4.69) is 26.8 Å². The van der Waals surface area contributed by atoms with Gasteiger partial charge in [0.05, 0.1) is 6.54 Å². The molecule has 1 heterocycles. The second-order valence-electron chi connectivity index (χ2n) is 3.76. The Balaban J connectivity index is 2.66. The van der Waals surface area contributed by atoms with Gasteiger partial charge in [-0.2, -0.15) is 0 Å². The van der Waals surface area contributed by atoms with Crippen molar-refractivity contribution >= 4 is 0 Å². The highest BCUT2D eigenvalue weighted by Gasteiger charge is 2.09. The van der Waals surface area contributed by atoms with Gasteiger partial charge in [-0.3, -0.25) is 10.3 Å². The molecule has 0 spiro atoms. The molecule has 0 bridgehead atoms. The molecule has 1 aliphatic rings. The smallest absolute Gasteiger partial charge is 0.0633 e. The van der Waals surface area contributed by atoms with Crippen LogP contribution in [0.5, 0.6) is 0 Å². The quantitative estimate of drug-likeness (QED) is 0.683. The largest absolute Gasteiger partial charge is 0.289 e. The van der Waals surface area contributed by atoms with Crippen LogP contribution in [-0.2, 0) is 0 Å². The van der Waals surface area contributed by atoms with E-state index in [1.54, 1.807) is 0 Å². The molecular formula is C10H17NO. The fourth-order valence-electron chi connectivity index (χ4n) is 1.35. The Morgan fingerprint density at radius 1 is 1.58 bits per heavy atom. The summed E-state index contributed by atoms with van der Waals surface area (Å²) in [4.78, 5) is 0. The van der Waals surface area contributed by atoms with E-state index in [1.165, 1.54) is 16.2 Å². The average molecular weight is 167 g/mol. The summed E-state index contributed by atoms with van der Waals surface area (Å²) in [6.45, 7) is 7.09. The zero-order valence-electron chi connectivity index (χ0n) is 8.04. The van der Waals surface area contributed by atoms with E-state index in [1.807, 2.05) is 6.20 Å². The van der Waals surface area contributed by atoms with Crippen LogP contribution < -0.4 is 0 Å².